The second kappa shape index (κ2) is 10.8. The van der Waals surface area contributed by atoms with E-state index in [4.69, 9.17) is 9.72 Å². The lowest BCUT2D eigenvalue weighted by atomic mass is 9.68. The molecule has 0 saturated carbocycles. The Kier molecular flexibility index (Phi) is 7.01. The van der Waals surface area contributed by atoms with Crippen LogP contribution in [0.25, 0.3) is 16.8 Å². The lowest BCUT2D eigenvalue weighted by Crippen LogP contribution is -2.30. The maximum Gasteiger partial charge on any atom is 0.248 e. The minimum absolute atomic E-state index is 0.0109. The van der Waals surface area contributed by atoms with Crippen LogP contribution in [0.2, 0.25) is 0 Å². The third-order valence-corrected chi connectivity index (χ3v) is 9.31. The van der Waals surface area contributed by atoms with Crippen LogP contribution in [0, 0.1) is 0 Å². The molecule has 0 aliphatic heterocycles. The number of benzene rings is 4. The zero-order valence-electron chi connectivity index (χ0n) is 27.9. The van der Waals surface area contributed by atoms with Gasteiger partial charge in [0, 0.05) is 12.3 Å². The third-order valence-electron chi connectivity index (χ3n) is 9.31. The van der Waals surface area contributed by atoms with Gasteiger partial charge in [0.1, 0.15) is 29.6 Å². The van der Waals surface area contributed by atoms with Crippen LogP contribution in [-0.4, -0.2) is 9.55 Å². The number of hydrogen-bond acceptors (Lipinski definition) is 2. The molecule has 6 aromatic rings. The molecule has 0 amide bonds. The number of pyridine rings is 1. The fraction of sp³-hybridized carbons (Fsp3) is 0.238. The second-order valence-corrected chi connectivity index (χ2v) is 14.6. The average molecular weight is 605 g/mol. The van der Waals surface area contributed by atoms with Crippen LogP contribution in [0.5, 0.6) is 11.5 Å². The number of fused-ring (bicyclic) bond motifs is 3. The summed E-state index contributed by atoms with van der Waals surface area (Å²) in [6.45, 7) is 13.7. The Morgan fingerprint density at radius 2 is 1.30 bits per heavy atom. The summed E-state index contributed by atoms with van der Waals surface area (Å²) in [4.78, 5) is 5.11. The van der Waals surface area contributed by atoms with E-state index in [2.05, 4.69) is 125 Å². The highest BCUT2D eigenvalue weighted by molar-refractivity contribution is 5.86. The van der Waals surface area contributed by atoms with Crippen molar-refractivity contribution in [2.24, 2.45) is 7.05 Å². The first kappa shape index (κ1) is 29.7. The van der Waals surface area contributed by atoms with Gasteiger partial charge in [0.2, 0.25) is 6.33 Å². The molecule has 0 N–H and O–H groups in total. The second-order valence-electron chi connectivity index (χ2n) is 14.6. The molecule has 4 nitrogen and oxygen atoms in total. The van der Waals surface area contributed by atoms with Gasteiger partial charge in [-0.3, -0.25) is 4.98 Å². The van der Waals surface area contributed by atoms with Gasteiger partial charge in [-0.1, -0.05) is 102 Å². The number of nitrogens with zero attached hydrogens (tertiary/aromatic N) is 3. The molecular formula is C42H42N3O+. The Hall–Kier alpha value is -4.96. The predicted molar refractivity (Wildman–Crippen MR) is 186 cm³/mol. The fourth-order valence-electron chi connectivity index (χ4n) is 6.82. The third kappa shape index (κ3) is 5.02. The van der Waals surface area contributed by atoms with Gasteiger partial charge in [-0.15, -0.1) is 0 Å². The van der Waals surface area contributed by atoms with Crippen LogP contribution in [0.1, 0.15) is 75.1 Å². The minimum atomic E-state index is -0.629. The predicted octanol–water partition coefficient (Wildman–Crippen LogP) is 9.45. The van der Waals surface area contributed by atoms with Gasteiger partial charge >= 0.3 is 0 Å². The molecule has 0 fully saturated rings. The van der Waals surface area contributed by atoms with E-state index in [1.807, 2.05) is 60.8 Å². The normalized spacial score (nSPS) is 13.7. The van der Waals surface area contributed by atoms with E-state index in [1.165, 1.54) is 33.4 Å². The van der Waals surface area contributed by atoms with Crippen molar-refractivity contribution in [1.29, 1.82) is 0 Å². The summed E-state index contributed by atoms with van der Waals surface area (Å²) in [5.74, 6) is 1.58. The van der Waals surface area contributed by atoms with E-state index < -0.39 is 5.41 Å². The van der Waals surface area contributed by atoms with Gasteiger partial charge in [0.25, 0.3) is 0 Å². The fourth-order valence-corrected chi connectivity index (χ4v) is 6.82. The molecule has 4 aromatic carbocycles. The van der Waals surface area contributed by atoms with Crippen LogP contribution in [-0.2, 0) is 23.3 Å². The number of ether oxygens (including phenoxy) is 1. The lowest BCUT2D eigenvalue weighted by Gasteiger charge is -2.34. The van der Waals surface area contributed by atoms with Crippen molar-refractivity contribution in [2.75, 3.05) is 0 Å². The molecule has 0 atom stereocenters. The zero-order valence-corrected chi connectivity index (χ0v) is 27.9. The van der Waals surface area contributed by atoms with Crippen LogP contribution in [0.4, 0.5) is 0 Å². The molecule has 1 aliphatic carbocycles. The smallest absolute Gasteiger partial charge is 0.248 e. The van der Waals surface area contributed by atoms with Crippen molar-refractivity contribution in [3.05, 3.63) is 162 Å². The standard InChI is InChI=1S/C42H42N3O/c1-40(2,3)29-17-19-35-36-20-18-30(41(4,5)6)26-38(36)42(37(35)25-29,39-16-8-9-21-43-39)31-12-10-14-33(24-31)46-34-15-11-13-32(27-34)45-23-22-44(7)28-45/h8-28H,1-7H3/q+1. The molecule has 46 heavy (non-hydrogen) atoms. The Labute approximate surface area is 273 Å². The first-order chi connectivity index (χ1) is 21.9. The highest BCUT2D eigenvalue weighted by atomic mass is 16.5. The van der Waals surface area contributed by atoms with Crippen LogP contribution in [0.15, 0.2) is 128 Å². The minimum Gasteiger partial charge on any atom is -0.457 e. The highest BCUT2D eigenvalue weighted by Crippen LogP contribution is 2.57. The van der Waals surface area contributed by atoms with Gasteiger partial charge < -0.3 is 4.74 Å². The van der Waals surface area contributed by atoms with Gasteiger partial charge in [-0.25, -0.2) is 9.13 Å². The van der Waals surface area contributed by atoms with Crippen LogP contribution < -0.4 is 9.30 Å². The summed E-state index contributed by atoms with van der Waals surface area (Å²) in [6, 6.07) is 37.2. The molecule has 7 rings (SSSR count). The van der Waals surface area contributed by atoms with E-state index >= 15 is 0 Å². The largest absolute Gasteiger partial charge is 0.457 e. The first-order valence-electron chi connectivity index (χ1n) is 16.1. The summed E-state index contributed by atoms with van der Waals surface area (Å²) in [7, 11) is 2.02. The number of imidazole rings is 1. The van der Waals surface area contributed by atoms with Gasteiger partial charge in [-0.05, 0) is 86.2 Å². The number of rotatable bonds is 5. The van der Waals surface area contributed by atoms with Crippen molar-refractivity contribution < 1.29 is 9.30 Å². The summed E-state index contributed by atoms with van der Waals surface area (Å²) < 4.78 is 10.7. The van der Waals surface area contributed by atoms with Crippen LogP contribution >= 0.6 is 0 Å². The summed E-state index contributed by atoms with van der Waals surface area (Å²) in [5.41, 5.74) is 10.2. The molecule has 0 radical (unpaired) electrons. The van der Waals surface area contributed by atoms with Gasteiger partial charge in [0.05, 0.1) is 18.2 Å². The maximum absolute atomic E-state index is 6.62. The topological polar surface area (TPSA) is 30.9 Å². The summed E-state index contributed by atoms with van der Waals surface area (Å²) >= 11 is 0. The molecule has 4 heteroatoms. The van der Waals surface area contributed by atoms with Crippen molar-refractivity contribution in [3.63, 3.8) is 0 Å². The molecule has 2 aromatic heterocycles. The average Bonchev–Trinajstić information content (AvgIpc) is 3.60. The van der Waals surface area contributed by atoms with E-state index in [9.17, 15) is 0 Å². The number of hydrogen-bond donors (Lipinski definition) is 0. The van der Waals surface area contributed by atoms with E-state index in [0.29, 0.717) is 0 Å². The molecule has 0 spiro atoms. The molecule has 230 valence electrons. The SMILES string of the molecule is C[n+]1ccn(-c2cccc(Oc3cccc(C4(c5ccccn5)c5cc(C(C)(C)C)ccc5-c5ccc(C(C)(C)C)cc54)c3)c2)c1. The van der Waals surface area contributed by atoms with Crippen molar-refractivity contribution in [1.82, 2.24) is 9.55 Å². The van der Waals surface area contributed by atoms with Crippen molar-refractivity contribution >= 4 is 0 Å². The molecule has 1 aliphatic rings. The molecule has 2 heterocycles. The maximum atomic E-state index is 6.62. The quantitative estimate of drug-likeness (QED) is 0.183. The summed E-state index contributed by atoms with van der Waals surface area (Å²) in [6.07, 6.45) is 8.04. The number of aryl methyl sites for hydroxylation is 1. The van der Waals surface area contributed by atoms with Crippen molar-refractivity contribution in [3.8, 4) is 28.3 Å². The first-order valence-corrected chi connectivity index (χ1v) is 16.1. The van der Waals surface area contributed by atoms with Crippen LogP contribution in [0.3, 0.4) is 0 Å². The lowest BCUT2D eigenvalue weighted by molar-refractivity contribution is -0.670. The van der Waals surface area contributed by atoms with Gasteiger partial charge in [0.15, 0.2) is 0 Å². The Bertz CT molecular complexity index is 1990. The Morgan fingerprint density at radius 1 is 0.674 bits per heavy atom. The Balaban J connectivity index is 1.46. The van der Waals surface area contributed by atoms with Crippen molar-refractivity contribution in [2.45, 2.75) is 57.8 Å². The zero-order chi connectivity index (χ0) is 32.3. The molecule has 0 saturated heterocycles. The summed E-state index contributed by atoms with van der Waals surface area (Å²) in [5, 5.41) is 0. The number of aromatic nitrogens is 3. The Morgan fingerprint density at radius 3 is 1.87 bits per heavy atom. The van der Waals surface area contributed by atoms with E-state index in [0.717, 1.165) is 28.4 Å². The van der Waals surface area contributed by atoms with E-state index in [1.54, 1.807) is 0 Å². The highest BCUT2D eigenvalue weighted by Gasteiger charge is 2.48. The molecular weight excluding hydrogens is 562 g/mol. The monoisotopic (exact) mass is 604 g/mol. The molecule has 0 bridgehead atoms. The van der Waals surface area contributed by atoms with E-state index in [-0.39, 0.29) is 10.8 Å². The molecule has 0 unspecified atom stereocenters. The van der Waals surface area contributed by atoms with Gasteiger partial charge in [-0.2, -0.15) is 0 Å².